The number of thioether (sulfide) groups is 1. The van der Waals surface area contributed by atoms with Crippen molar-refractivity contribution in [3.05, 3.63) is 64.7 Å². The third-order valence-corrected chi connectivity index (χ3v) is 7.36. The van der Waals surface area contributed by atoms with E-state index < -0.39 is 16.4 Å². The summed E-state index contributed by atoms with van der Waals surface area (Å²) in [6.45, 7) is 3.52. The maximum Gasteiger partial charge on any atom is 0.239 e. The number of halogens is 2. The molecule has 1 aromatic carbocycles. The third kappa shape index (κ3) is 7.18. The molecule has 1 aliphatic carbocycles. The molecule has 1 aromatic heterocycles. The molecule has 2 N–H and O–H groups in total. The Bertz CT molecular complexity index is 1260. The molecule has 0 unspecified atom stereocenters. The molecule has 1 amide bonds. The summed E-state index contributed by atoms with van der Waals surface area (Å²) in [6, 6.07) is 7.63. The number of nitrogens with two attached hydrogens (primary N) is 1. The van der Waals surface area contributed by atoms with Gasteiger partial charge >= 0.3 is 0 Å². The Morgan fingerprint density at radius 2 is 2.08 bits per heavy atom. The van der Waals surface area contributed by atoms with E-state index in [0.29, 0.717) is 37.8 Å². The van der Waals surface area contributed by atoms with Gasteiger partial charge in [0.2, 0.25) is 5.91 Å². The molecule has 9 heteroatoms. The first-order valence-corrected chi connectivity index (χ1v) is 13.0. The Kier molecular flexibility index (Phi) is 8.62. The van der Waals surface area contributed by atoms with Crippen LogP contribution in [0.2, 0.25) is 0 Å². The SMILES string of the molecule is C/N=C(/N)S[C@](C)(Cc1cc(/C=C(\F)c2ccc(C#CC3CC3)cn2)ccc1F)C(=O)N1CCOCC1. The Morgan fingerprint density at radius 1 is 1.32 bits per heavy atom. The lowest BCUT2D eigenvalue weighted by Crippen LogP contribution is -2.51. The minimum atomic E-state index is -1.11. The average molecular weight is 525 g/mol. The Balaban J connectivity index is 1.56. The molecule has 0 spiro atoms. The van der Waals surface area contributed by atoms with Crippen LogP contribution in [0.1, 0.15) is 42.1 Å². The molecule has 4 rings (SSSR count). The highest BCUT2D eigenvalue weighted by molar-refractivity contribution is 8.15. The molecular formula is C28H30F2N4O2S. The number of aromatic nitrogens is 1. The lowest BCUT2D eigenvalue weighted by atomic mass is 9.96. The maximum absolute atomic E-state index is 15.0. The molecule has 0 bridgehead atoms. The quantitative estimate of drug-likeness (QED) is 0.347. The van der Waals surface area contributed by atoms with E-state index in [1.165, 1.54) is 25.3 Å². The summed E-state index contributed by atoms with van der Waals surface area (Å²) in [4.78, 5) is 23.3. The van der Waals surface area contributed by atoms with Gasteiger partial charge in [-0.3, -0.25) is 14.8 Å². The summed E-state index contributed by atoms with van der Waals surface area (Å²) >= 11 is 1.10. The number of benzene rings is 1. The van der Waals surface area contributed by atoms with Gasteiger partial charge in [-0.15, -0.1) is 0 Å². The van der Waals surface area contributed by atoms with Crippen molar-refractivity contribution in [3.63, 3.8) is 0 Å². The fourth-order valence-electron chi connectivity index (χ4n) is 3.96. The van der Waals surface area contributed by atoms with Crippen LogP contribution in [-0.2, 0) is 16.0 Å². The first-order chi connectivity index (χ1) is 17.8. The monoisotopic (exact) mass is 524 g/mol. The highest BCUT2D eigenvalue weighted by Gasteiger charge is 2.40. The van der Waals surface area contributed by atoms with E-state index in [0.717, 1.165) is 30.2 Å². The number of morpholine rings is 1. The first-order valence-electron chi connectivity index (χ1n) is 12.2. The van der Waals surface area contributed by atoms with Crippen molar-refractivity contribution < 1.29 is 18.3 Å². The van der Waals surface area contributed by atoms with Crippen LogP contribution in [0.3, 0.4) is 0 Å². The van der Waals surface area contributed by atoms with Gasteiger partial charge in [0.1, 0.15) is 16.4 Å². The van der Waals surface area contributed by atoms with E-state index in [4.69, 9.17) is 10.5 Å². The number of amidine groups is 1. The van der Waals surface area contributed by atoms with Gasteiger partial charge in [-0.25, -0.2) is 8.78 Å². The number of hydrogen-bond acceptors (Lipinski definition) is 5. The molecule has 1 saturated carbocycles. The average Bonchev–Trinajstić information content (AvgIpc) is 3.74. The third-order valence-electron chi connectivity index (χ3n) is 6.20. The normalized spacial score (nSPS) is 18.1. The van der Waals surface area contributed by atoms with Crippen molar-refractivity contribution in [1.82, 2.24) is 9.88 Å². The number of aliphatic imine (C=N–C) groups is 1. The highest BCUT2D eigenvalue weighted by atomic mass is 32.2. The number of amides is 1. The molecule has 1 atom stereocenters. The second-order valence-electron chi connectivity index (χ2n) is 9.29. The van der Waals surface area contributed by atoms with E-state index in [2.05, 4.69) is 21.8 Å². The summed E-state index contributed by atoms with van der Waals surface area (Å²) in [7, 11) is 1.54. The summed E-state index contributed by atoms with van der Waals surface area (Å²) in [5, 5.41) is 0.225. The second-order valence-corrected chi connectivity index (χ2v) is 10.8. The number of nitrogens with zero attached hydrogens (tertiary/aromatic N) is 3. The standard InChI is InChI=1S/C28H30F2N4O2S/c1-28(37-27(31)32-2,26(35)34-11-13-36-14-12-34)17-22-15-21(7-9-23(22)29)16-24(30)25-10-8-20(18-33-25)6-5-19-3-4-19/h7-10,15-16,18-19H,3-4,11-14,17H2,1-2H3,(H2,31,32)/b24-16-/t28-/m1/s1. The number of carbonyl (C=O) groups excluding carboxylic acids is 1. The zero-order chi connectivity index (χ0) is 26.4. The minimum Gasteiger partial charge on any atom is -0.379 e. The van der Waals surface area contributed by atoms with Crippen LogP contribution in [0.15, 0.2) is 41.5 Å². The largest absolute Gasteiger partial charge is 0.379 e. The summed E-state index contributed by atoms with van der Waals surface area (Å²) in [5.74, 6) is 5.47. The van der Waals surface area contributed by atoms with Crippen LogP contribution < -0.4 is 5.73 Å². The van der Waals surface area contributed by atoms with Crippen molar-refractivity contribution in [1.29, 1.82) is 0 Å². The van der Waals surface area contributed by atoms with Crippen LogP contribution >= 0.6 is 11.8 Å². The maximum atomic E-state index is 15.0. The molecule has 2 aromatic rings. The van der Waals surface area contributed by atoms with Crippen LogP contribution in [0.5, 0.6) is 0 Å². The smallest absolute Gasteiger partial charge is 0.239 e. The van der Waals surface area contributed by atoms with E-state index >= 15 is 0 Å². The van der Waals surface area contributed by atoms with Crippen LogP contribution in [0.25, 0.3) is 11.9 Å². The Labute approximate surface area is 220 Å². The molecule has 37 heavy (non-hydrogen) atoms. The van der Waals surface area contributed by atoms with Crippen molar-refractivity contribution in [2.75, 3.05) is 33.4 Å². The van der Waals surface area contributed by atoms with Gasteiger partial charge in [0.15, 0.2) is 5.17 Å². The number of pyridine rings is 1. The van der Waals surface area contributed by atoms with Crippen LogP contribution in [0, 0.1) is 23.6 Å². The molecule has 2 fully saturated rings. The number of rotatable bonds is 6. The summed E-state index contributed by atoms with van der Waals surface area (Å²) < 4.78 is 34.2. The lowest BCUT2D eigenvalue weighted by molar-refractivity contribution is -0.137. The Morgan fingerprint density at radius 3 is 2.73 bits per heavy atom. The van der Waals surface area contributed by atoms with Crippen LogP contribution in [-0.4, -0.2) is 59.1 Å². The fourth-order valence-corrected chi connectivity index (χ4v) is 4.96. The van der Waals surface area contributed by atoms with Gasteiger partial charge in [0.25, 0.3) is 0 Å². The summed E-state index contributed by atoms with van der Waals surface area (Å²) in [6.07, 6.45) is 5.17. The molecule has 2 aliphatic rings. The Hall–Kier alpha value is -3.22. The lowest BCUT2D eigenvalue weighted by Gasteiger charge is -2.36. The minimum absolute atomic E-state index is 0.0474. The number of hydrogen-bond donors (Lipinski definition) is 1. The van der Waals surface area contributed by atoms with Crippen LogP contribution in [0.4, 0.5) is 8.78 Å². The van der Waals surface area contributed by atoms with Gasteiger partial charge in [-0.2, -0.15) is 0 Å². The van der Waals surface area contributed by atoms with Gasteiger partial charge in [0, 0.05) is 37.8 Å². The van der Waals surface area contributed by atoms with Gasteiger partial charge in [0.05, 0.1) is 18.9 Å². The zero-order valence-corrected chi connectivity index (χ0v) is 21.8. The topological polar surface area (TPSA) is 80.8 Å². The molecular weight excluding hydrogens is 494 g/mol. The molecule has 2 heterocycles. The molecule has 1 aliphatic heterocycles. The molecule has 0 radical (unpaired) electrons. The second kappa shape index (κ2) is 11.9. The first kappa shape index (κ1) is 26.8. The van der Waals surface area contributed by atoms with Gasteiger partial charge in [-0.05, 0) is 67.7 Å². The van der Waals surface area contributed by atoms with E-state index in [-0.39, 0.29) is 28.8 Å². The van der Waals surface area contributed by atoms with E-state index in [1.54, 1.807) is 36.2 Å². The highest BCUT2D eigenvalue weighted by Crippen LogP contribution is 2.33. The number of ether oxygens (including phenoxy) is 1. The predicted octanol–water partition coefficient (Wildman–Crippen LogP) is 4.29. The van der Waals surface area contributed by atoms with Crippen molar-refractivity contribution in [2.24, 2.45) is 16.6 Å². The zero-order valence-electron chi connectivity index (χ0n) is 21.0. The molecule has 1 saturated heterocycles. The van der Waals surface area contributed by atoms with E-state index in [9.17, 15) is 13.6 Å². The van der Waals surface area contributed by atoms with Gasteiger partial charge < -0.3 is 15.4 Å². The number of carbonyl (C=O) groups is 1. The predicted molar refractivity (Wildman–Crippen MR) is 144 cm³/mol. The fraction of sp³-hybridized carbons (Fsp3) is 0.393. The summed E-state index contributed by atoms with van der Waals surface area (Å²) in [5.41, 5.74) is 7.61. The van der Waals surface area contributed by atoms with Crippen molar-refractivity contribution in [3.8, 4) is 11.8 Å². The molecule has 194 valence electrons. The van der Waals surface area contributed by atoms with Gasteiger partial charge in [-0.1, -0.05) is 29.7 Å². The van der Waals surface area contributed by atoms with Crippen molar-refractivity contribution >= 4 is 34.7 Å². The molecule has 6 nitrogen and oxygen atoms in total. The van der Waals surface area contributed by atoms with Crippen molar-refractivity contribution in [2.45, 2.75) is 30.9 Å². The van der Waals surface area contributed by atoms with E-state index in [1.807, 2.05) is 0 Å².